The number of phenols is 2. The van der Waals surface area contributed by atoms with E-state index in [1.165, 1.54) is 54.6 Å². The lowest BCUT2D eigenvalue weighted by Gasteiger charge is -2.14. The molecule has 370 valence electrons. The van der Waals surface area contributed by atoms with E-state index in [2.05, 4.69) is 54.2 Å². The normalized spacial score (nSPS) is 12.7. The number of nitrogens with two attached hydrogens (primary N) is 2. The lowest BCUT2D eigenvalue weighted by molar-refractivity contribution is -0.434. The van der Waals surface area contributed by atoms with E-state index < -0.39 is 101 Å². The van der Waals surface area contributed by atoms with Gasteiger partial charge in [-0.25, -0.2) is 27.4 Å². The fraction of sp³-hybridized carbons (Fsp3) is 0.0556. The number of aromatic hydroxyl groups is 2. The Morgan fingerprint density at radius 3 is 1.83 bits per heavy atom. The van der Waals surface area contributed by atoms with Crippen LogP contribution in [0.5, 0.6) is 11.5 Å². The number of sulfone groups is 1. The van der Waals surface area contributed by atoms with Gasteiger partial charge in [0.05, 0.1) is 61.5 Å². The third kappa shape index (κ3) is 13.0. The summed E-state index contributed by atoms with van der Waals surface area (Å²) < 4.78 is 138. The van der Waals surface area contributed by atoms with Crippen LogP contribution in [0.1, 0.15) is 0 Å². The van der Waals surface area contributed by atoms with Crippen molar-refractivity contribution >= 4 is 126 Å². The van der Waals surface area contributed by atoms with Gasteiger partial charge in [0.15, 0.2) is 27.9 Å². The molecule has 0 bridgehead atoms. The number of hydrogen-bond acceptors (Lipinski definition) is 27. The van der Waals surface area contributed by atoms with Crippen LogP contribution in [0, 0.1) is 0 Å². The van der Waals surface area contributed by atoms with Crippen LogP contribution in [0.3, 0.4) is 0 Å². The average molecular weight is 1090 g/mol. The molecule has 11 N–H and O–H groups in total. The van der Waals surface area contributed by atoms with Gasteiger partial charge in [0, 0.05) is 17.4 Å². The highest BCUT2D eigenvalue weighted by atomic mass is 32.2. The van der Waals surface area contributed by atoms with Gasteiger partial charge >= 0.3 is 0 Å². The number of nitrogens with one attached hydrogen (secondary N) is 1. The van der Waals surface area contributed by atoms with Gasteiger partial charge in [-0.3, -0.25) is 18.0 Å². The summed E-state index contributed by atoms with van der Waals surface area (Å²) >= 11 is 0.263. The van der Waals surface area contributed by atoms with E-state index in [0.29, 0.717) is 17.4 Å². The molecule has 0 saturated carbocycles. The molecule has 0 aliphatic rings. The molecular formula is C36H31N9O19S6. The minimum absolute atomic E-state index is 0.0845. The van der Waals surface area contributed by atoms with Crippen LogP contribution in [0.4, 0.5) is 51.2 Å². The van der Waals surface area contributed by atoms with Crippen molar-refractivity contribution in [1.29, 1.82) is 0 Å². The third-order valence-electron chi connectivity index (χ3n) is 8.92. The van der Waals surface area contributed by atoms with Crippen molar-refractivity contribution in [1.82, 2.24) is 0 Å². The van der Waals surface area contributed by atoms with Gasteiger partial charge in [-0.05, 0) is 96.4 Å². The predicted octanol–water partition coefficient (Wildman–Crippen LogP) is 8.16. The first-order chi connectivity index (χ1) is 33.0. The van der Waals surface area contributed by atoms with Crippen molar-refractivity contribution in [2.24, 2.45) is 30.7 Å². The van der Waals surface area contributed by atoms with Crippen molar-refractivity contribution in [3.05, 3.63) is 97.1 Å². The summed E-state index contributed by atoms with van der Waals surface area (Å²) in [7, 11) is -19.0. The smallest absolute Gasteiger partial charge is 0.296 e. The molecule has 0 aliphatic carbocycles. The Hall–Kier alpha value is -6.48. The molecule has 0 saturated heterocycles. The van der Waals surface area contributed by atoms with E-state index in [4.69, 9.17) is 26.2 Å². The Balaban J connectivity index is 1.30. The molecule has 0 fully saturated rings. The van der Waals surface area contributed by atoms with E-state index in [-0.39, 0.29) is 62.4 Å². The Bertz CT molecular complexity index is 3500. The Morgan fingerprint density at radius 1 is 0.614 bits per heavy atom. The van der Waals surface area contributed by atoms with Gasteiger partial charge in [0.25, 0.3) is 30.3 Å². The number of sulfonamides is 1. The molecule has 0 unspecified atom stereocenters. The van der Waals surface area contributed by atoms with Crippen molar-refractivity contribution in [3.8, 4) is 11.5 Å². The zero-order chi connectivity index (χ0) is 51.0. The lowest BCUT2D eigenvalue weighted by Crippen LogP contribution is -2.12. The van der Waals surface area contributed by atoms with Crippen LogP contribution in [-0.4, -0.2) is 75.9 Å². The molecule has 0 aromatic heterocycles. The molecule has 0 aliphatic heterocycles. The molecule has 70 heavy (non-hydrogen) atoms. The molecule has 6 rings (SSSR count). The fourth-order valence-corrected chi connectivity index (χ4v) is 10.2. The first kappa shape index (κ1) is 52.9. The minimum Gasteiger partial charge on any atom is -0.506 e. The molecular weight excluding hydrogens is 1050 g/mol. The summed E-state index contributed by atoms with van der Waals surface area (Å²) in [5, 5.41) is 68.0. The summed E-state index contributed by atoms with van der Waals surface area (Å²) in [4.78, 5) is -3.25. The molecule has 0 heterocycles. The maximum Gasteiger partial charge on any atom is 0.296 e. The summed E-state index contributed by atoms with van der Waals surface area (Å²) in [5.74, 6) is -1.98. The second-order valence-electron chi connectivity index (χ2n) is 13.5. The van der Waals surface area contributed by atoms with Crippen LogP contribution in [0.15, 0.2) is 152 Å². The van der Waals surface area contributed by atoms with Gasteiger partial charge in [-0.2, -0.15) is 27.1 Å². The molecule has 0 atom stereocenters. The third-order valence-corrected chi connectivity index (χ3v) is 14.7. The second kappa shape index (κ2) is 22.1. The summed E-state index contributed by atoms with van der Waals surface area (Å²) in [5.41, 5.74) is 10.2. The largest absolute Gasteiger partial charge is 0.506 e. The van der Waals surface area contributed by atoms with Crippen LogP contribution >= 0.6 is 24.4 Å². The highest BCUT2D eigenvalue weighted by Gasteiger charge is 2.27. The number of nitrogens with zero attached hydrogens (tertiary/aromatic N) is 6. The van der Waals surface area contributed by atoms with E-state index in [0.717, 1.165) is 36.4 Å². The zero-order valence-corrected chi connectivity index (χ0v) is 39.3. The van der Waals surface area contributed by atoms with Crippen LogP contribution < -0.4 is 16.2 Å². The van der Waals surface area contributed by atoms with Crippen LogP contribution in [0.2, 0.25) is 0 Å². The Morgan fingerprint density at radius 2 is 1.20 bits per heavy atom. The summed E-state index contributed by atoms with van der Waals surface area (Å²) in [6.45, 7) is -0.545. The van der Waals surface area contributed by atoms with Gasteiger partial charge in [0.2, 0.25) is 0 Å². The number of phenolic OH excluding ortho intramolecular Hbond substituents is 2. The van der Waals surface area contributed by atoms with Gasteiger partial charge < -0.3 is 21.7 Å². The molecule has 0 spiro atoms. The molecule has 6 aromatic carbocycles. The SMILES string of the molecule is Nc1ccc(/N=N/c2ccc(NS(=O)(=O)c3ccc(/N=N/c4c(S(=O)(=O)O)cc5cc(SOOO)c(/N=N/c6ccc(S(=O)(=O)CCOSOOO)cc6S(=O)(=O)O)c(N)c5c4O)cc3)cc2)c(O)c1. The van der Waals surface area contributed by atoms with E-state index in [1.54, 1.807) is 0 Å². The van der Waals surface area contributed by atoms with Crippen LogP contribution in [-0.2, 0) is 63.0 Å². The average Bonchev–Trinajstić information content (AvgIpc) is 3.29. The number of rotatable bonds is 21. The van der Waals surface area contributed by atoms with Crippen molar-refractivity contribution in [2.75, 3.05) is 28.5 Å². The van der Waals surface area contributed by atoms with Crippen molar-refractivity contribution in [2.45, 2.75) is 24.5 Å². The van der Waals surface area contributed by atoms with Crippen molar-refractivity contribution in [3.63, 3.8) is 0 Å². The molecule has 0 amide bonds. The maximum atomic E-state index is 13.2. The Kier molecular flexibility index (Phi) is 16.7. The van der Waals surface area contributed by atoms with Gasteiger partial charge in [-0.1, -0.05) is 10.1 Å². The molecule has 28 nitrogen and oxygen atoms in total. The highest BCUT2D eigenvalue weighted by Crippen LogP contribution is 2.49. The predicted molar refractivity (Wildman–Crippen MR) is 246 cm³/mol. The van der Waals surface area contributed by atoms with E-state index in [9.17, 15) is 53.0 Å². The number of anilines is 3. The second-order valence-corrected chi connectivity index (χ2v) is 21.3. The quantitative estimate of drug-likeness (QED) is 0.00624. The van der Waals surface area contributed by atoms with Crippen LogP contribution in [0.25, 0.3) is 10.8 Å². The lowest BCUT2D eigenvalue weighted by atomic mass is 10.1. The topological polar surface area (TPSA) is 442 Å². The van der Waals surface area contributed by atoms with E-state index in [1.807, 2.05) is 0 Å². The van der Waals surface area contributed by atoms with Gasteiger partial charge in [-0.15, -0.1) is 29.1 Å². The first-order valence-electron chi connectivity index (χ1n) is 18.4. The number of fused-ring (bicyclic) bond motifs is 1. The molecule has 34 heteroatoms. The minimum atomic E-state index is -5.24. The maximum absolute atomic E-state index is 13.2. The zero-order valence-electron chi connectivity index (χ0n) is 34.4. The number of benzene rings is 6. The number of hydrogen-bond donors (Lipinski definition) is 9. The highest BCUT2D eigenvalue weighted by molar-refractivity contribution is 7.94. The van der Waals surface area contributed by atoms with Gasteiger partial charge in [0.1, 0.15) is 38.3 Å². The monoisotopic (exact) mass is 1090 g/mol. The summed E-state index contributed by atoms with van der Waals surface area (Å²) in [6, 6.07) is 18.7. The Labute approximate surface area is 403 Å². The first-order valence-corrected chi connectivity index (χ1v) is 25.9. The number of azo groups is 3. The number of nitrogen functional groups attached to an aromatic ring is 2. The standard InChI is InChI=1S/C36H31N9O19S6/c37-20-1-11-26(28(46)17-20)41-39-21-2-4-23(5-3-21)45-68(52,53)24-8-6-22(7-9-24)40-44-35-31(70(57,58)59)16-19-15-29(65-63-61-48)34(33(38)32(19)36(35)47)43-42-27-12-10-25(18-30(27)69(54,55)56)67(50,51)14-13-60-66-64-62-49/h1-12,15-18,45-49H,13-14,37-38H2,(H,54,55,56)(H,57,58,59)/b41-39+,43-42+,44-40+. The summed E-state index contributed by atoms with van der Waals surface area (Å²) in [6.07, 6.45) is 0. The fourth-order valence-electron chi connectivity index (χ4n) is 5.78. The van der Waals surface area contributed by atoms with Crippen molar-refractivity contribution < 1.29 is 86.4 Å². The van der Waals surface area contributed by atoms with E-state index >= 15 is 0 Å². The molecule has 6 aromatic rings. The molecule has 0 radical (unpaired) electrons.